The third-order valence-corrected chi connectivity index (χ3v) is 10.0. The molecule has 1 saturated heterocycles. The van der Waals surface area contributed by atoms with E-state index in [1.54, 1.807) is 0 Å². The molecule has 258 valence electrons. The Balaban J connectivity index is 1.53. The van der Waals surface area contributed by atoms with Crippen LogP contribution in [0.3, 0.4) is 0 Å². The van der Waals surface area contributed by atoms with E-state index in [0.29, 0.717) is 18.0 Å². The first-order valence-electron chi connectivity index (χ1n) is 16.4. The number of aliphatic hydroxyl groups excluding tert-OH is 1. The molecule has 4 rings (SSSR count). The summed E-state index contributed by atoms with van der Waals surface area (Å²) < 4.78 is 11.0. The van der Waals surface area contributed by atoms with Gasteiger partial charge in [0.15, 0.2) is 12.7 Å². The van der Waals surface area contributed by atoms with Crippen LogP contribution in [0.2, 0.25) is 0 Å². The molecule has 1 aliphatic rings. The highest BCUT2D eigenvalue weighted by Crippen LogP contribution is 2.40. The molecule has 3 aromatic carbocycles. The van der Waals surface area contributed by atoms with Gasteiger partial charge in [-0.3, -0.25) is 14.4 Å². The monoisotopic (exact) mass is 675 g/mol. The van der Waals surface area contributed by atoms with Crippen LogP contribution >= 0.6 is 11.8 Å². The zero-order valence-corrected chi connectivity index (χ0v) is 30.1. The highest BCUT2D eigenvalue weighted by Gasteiger charge is 2.49. The maximum Gasteiger partial charge on any atom is 0.258 e. The van der Waals surface area contributed by atoms with Crippen LogP contribution in [0.5, 0.6) is 11.5 Å². The second kappa shape index (κ2) is 15.9. The van der Waals surface area contributed by atoms with Gasteiger partial charge in [0.2, 0.25) is 5.91 Å². The number of thioether (sulfide) groups is 1. The van der Waals surface area contributed by atoms with Crippen molar-refractivity contribution in [2.45, 2.75) is 97.4 Å². The number of aryl methyl sites for hydroxylation is 4. The number of hydrogen-bond acceptors (Lipinski definition) is 7. The van der Waals surface area contributed by atoms with Crippen molar-refractivity contribution in [3.8, 4) is 11.5 Å². The molecule has 10 heteroatoms. The molecule has 3 N–H and O–H groups in total. The van der Waals surface area contributed by atoms with Gasteiger partial charge >= 0.3 is 0 Å². The molecule has 48 heavy (non-hydrogen) atoms. The number of ether oxygens (including phenoxy) is 2. The number of nitrogens with one attached hydrogen (secondary N) is 2. The van der Waals surface area contributed by atoms with Crippen molar-refractivity contribution >= 4 is 29.5 Å². The Morgan fingerprint density at radius 2 is 1.52 bits per heavy atom. The Labute approximate surface area is 288 Å². The van der Waals surface area contributed by atoms with Gasteiger partial charge in [-0.05, 0) is 107 Å². The summed E-state index contributed by atoms with van der Waals surface area (Å²) in [7, 11) is 0. The summed E-state index contributed by atoms with van der Waals surface area (Å²) in [6.07, 6.45) is -1.45. The van der Waals surface area contributed by atoms with Crippen LogP contribution in [-0.2, 0) is 27.3 Å². The fourth-order valence-electron chi connectivity index (χ4n) is 6.04. The van der Waals surface area contributed by atoms with Gasteiger partial charge in [-0.15, -0.1) is 11.8 Å². The number of carbonyl (C=O) groups excluding carboxylic acids is 3. The van der Waals surface area contributed by atoms with Crippen LogP contribution in [0.25, 0.3) is 0 Å². The van der Waals surface area contributed by atoms with Gasteiger partial charge < -0.3 is 30.1 Å². The van der Waals surface area contributed by atoms with Crippen molar-refractivity contribution in [2.24, 2.45) is 0 Å². The van der Waals surface area contributed by atoms with Crippen LogP contribution in [-0.4, -0.2) is 69.3 Å². The molecule has 0 bridgehead atoms. The number of benzene rings is 3. The van der Waals surface area contributed by atoms with Gasteiger partial charge in [0, 0.05) is 11.3 Å². The van der Waals surface area contributed by atoms with Gasteiger partial charge in [-0.1, -0.05) is 48.5 Å². The van der Waals surface area contributed by atoms with Crippen molar-refractivity contribution in [3.63, 3.8) is 0 Å². The van der Waals surface area contributed by atoms with E-state index in [2.05, 4.69) is 10.6 Å². The van der Waals surface area contributed by atoms with Gasteiger partial charge in [-0.25, -0.2) is 0 Å². The molecule has 3 amide bonds. The lowest BCUT2D eigenvalue weighted by atomic mass is 9.96. The number of aliphatic hydroxyl groups is 1. The number of nitrogens with zero attached hydrogens (tertiary/aromatic N) is 1. The van der Waals surface area contributed by atoms with E-state index in [4.69, 9.17) is 9.47 Å². The molecule has 1 aliphatic heterocycles. The summed E-state index contributed by atoms with van der Waals surface area (Å²) in [4.78, 5) is 42.5. The fraction of sp³-hybridized carbons (Fsp3) is 0.447. The molecule has 3 aromatic rings. The first-order valence-corrected chi connectivity index (χ1v) is 17.4. The molecule has 0 saturated carbocycles. The van der Waals surface area contributed by atoms with E-state index >= 15 is 0 Å². The van der Waals surface area contributed by atoms with Gasteiger partial charge in [-0.2, -0.15) is 0 Å². The minimum atomic E-state index is -1.62. The maximum atomic E-state index is 14.1. The van der Waals surface area contributed by atoms with Gasteiger partial charge in [0.1, 0.15) is 17.5 Å². The number of para-hydroxylation sites is 1. The Hall–Kier alpha value is -4.02. The smallest absolute Gasteiger partial charge is 0.258 e. The Kier molecular flexibility index (Phi) is 12.2. The normalized spacial score (nSPS) is 16.7. The highest BCUT2D eigenvalue weighted by molar-refractivity contribution is 8.00. The van der Waals surface area contributed by atoms with E-state index in [-0.39, 0.29) is 30.9 Å². The lowest BCUT2D eigenvalue weighted by Gasteiger charge is -2.33. The summed E-state index contributed by atoms with van der Waals surface area (Å²) in [5.74, 6) is 0.139. The van der Waals surface area contributed by atoms with E-state index in [1.165, 1.54) is 16.7 Å². The molecule has 1 heterocycles. The van der Waals surface area contributed by atoms with Crippen molar-refractivity contribution in [3.05, 3.63) is 94.0 Å². The molecule has 9 nitrogen and oxygen atoms in total. The standard InChI is InChI=1S/C38H49N3O6S/c1-23(2)47-29-17-15-28(16-18-29)19-31(40-32(42)21-46-34-26(5)13-10-14-27(34)6)33(43)37(45)41-22-48-38(7,8)35(41)36(44)39-20-30-24(3)11-9-12-25(30)4/h9-18,23,31,33,35,43H,19-22H2,1-8H3,(H,39,44)(H,40,42)/t31-,33-,35+/m0/s1. The first-order chi connectivity index (χ1) is 22.7. The Morgan fingerprint density at radius 3 is 2.10 bits per heavy atom. The summed E-state index contributed by atoms with van der Waals surface area (Å²) in [6.45, 7) is 15.6. The lowest BCUT2D eigenvalue weighted by molar-refractivity contribution is -0.148. The van der Waals surface area contributed by atoms with Gasteiger partial charge in [0.25, 0.3) is 11.8 Å². The van der Waals surface area contributed by atoms with E-state index in [9.17, 15) is 19.5 Å². The molecule has 3 atom stereocenters. The van der Waals surface area contributed by atoms with Crippen LogP contribution < -0.4 is 20.1 Å². The van der Waals surface area contributed by atoms with Crippen molar-refractivity contribution in [2.75, 3.05) is 12.5 Å². The van der Waals surface area contributed by atoms with E-state index in [1.807, 2.05) is 116 Å². The van der Waals surface area contributed by atoms with E-state index in [0.717, 1.165) is 33.4 Å². The minimum Gasteiger partial charge on any atom is -0.491 e. The summed E-state index contributed by atoms with van der Waals surface area (Å²) >= 11 is 1.47. The van der Waals surface area contributed by atoms with Crippen LogP contribution in [0, 0.1) is 27.7 Å². The second-order valence-corrected chi connectivity index (χ2v) is 14.9. The molecular weight excluding hydrogens is 627 g/mol. The topological polar surface area (TPSA) is 117 Å². The number of amides is 3. The third kappa shape index (κ3) is 9.11. The maximum absolute atomic E-state index is 14.1. The number of hydrogen-bond donors (Lipinski definition) is 3. The SMILES string of the molecule is Cc1cccc(C)c1CNC(=O)[C@H]1N(C(=O)[C@@H](O)[C@H](Cc2ccc(OC(C)C)cc2)NC(=O)COc2c(C)cccc2C)CSC1(C)C. The summed E-state index contributed by atoms with van der Waals surface area (Å²) in [5.41, 5.74) is 5.76. The van der Waals surface area contributed by atoms with E-state index < -0.39 is 34.7 Å². The van der Waals surface area contributed by atoms with Crippen LogP contribution in [0.1, 0.15) is 61.1 Å². The number of carbonyl (C=O) groups is 3. The zero-order chi connectivity index (χ0) is 35.2. The lowest BCUT2D eigenvalue weighted by Crippen LogP contribution is -2.59. The second-order valence-electron chi connectivity index (χ2n) is 13.3. The van der Waals surface area contributed by atoms with Crippen LogP contribution in [0.15, 0.2) is 60.7 Å². The number of rotatable bonds is 13. The molecule has 0 aromatic heterocycles. The minimum absolute atomic E-state index is 0.00712. The molecule has 1 fully saturated rings. The molecule has 0 aliphatic carbocycles. The Bertz CT molecular complexity index is 1570. The first kappa shape index (κ1) is 36.8. The predicted octanol–water partition coefficient (Wildman–Crippen LogP) is 5.17. The average molecular weight is 676 g/mol. The zero-order valence-electron chi connectivity index (χ0n) is 29.3. The van der Waals surface area contributed by atoms with Crippen molar-refractivity contribution in [1.82, 2.24) is 15.5 Å². The third-order valence-electron chi connectivity index (χ3n) is 8.65. The molecule has 0 radical (unpaired) electrons. The largest absolute Gasteiger partial charge is 0.491 e. The van der Waals surface area contributed by atoms with Crippen molar-refractivity contribution in [1.29, 1.82) is 0 Å². The molecular formula is C38H49N3O6S. The highest BCUT2D eigenvalue weighted by atomic mass is 32.2. The van der Waals surface area contributed by atoms with Crippen molar-refractivity contribution < 1.29 is 29.0 Å². The fourth-order valence-corrected chi connectivity index (χ4v) is 7.18. The molecule has 0 spiro atoms. The summed E-state index contributed by atoms with van der Waals surface area (Å²) in [5, 5.41) is 17.5. The van der Waals surface area contributed by atoms with Crippen LogP contribution in [0.4, 0.5) is 0 Å². The quantitative estimate of drug-likeness (QED) is 0.229. The van der Waals surface area contributed by atoms with Gasteiger partial charge in [0.05, 0.1) is 18.0 Å². The molecule has 0 unspecified atom stereocenters. The summed E-state index contributed by atoms with van der Waals surface area (Å²) in [6, 6.07) is 17.2. The predicted molar refractivity (Wildman–Crippen MR) is 190 cm³/mol. The average Bonchev–Trinajstić information content (AvgIpc) is 3.34. The Morgan fingerprint density at radius 1 is 0.938 bits per heavy atom.